The molecule has 0 aromatic carbocycles. The van der Waals surface area contributed by atoms with Gasteiger partial charge < -0.3 is 5.11 Å². The number of hydrogen-bond donors (Lipinski definition) is 1. The third-order valence-corrected chi connectivity index (χ3v) is 5.35. The van der Waals surface area contributed by atoms with Crippen molar-refractivity contribution < 1.29 is 9.90 Å². The molecule has 124 valence electrons. The summed E-state index contributed by atoms with van der Waals surface area (Å²) in [6.07, 6.45) is 15.2. The third kappa shape index (κ3) is 3.93. The van der Waals surface area contributed by atoms with E-state index in [2.05, 4.69) is 45.9 Å². The van der Waals surface area contributed by atoms with E-state index in [1.165, 1.54) is 18.1 Å². The van der Waals surface area contributed by atoms with Gasteiger partial charge in [0.1, 0.15) is 0 Å². The van der Waals surface area contributed by atoms with E-state index in [9.17, 15) is 4.79 Å². The largest absolute Gasteiger partial charge is 0.478 e. The Morgan fingerprint density at radius 1 is 1.30 bits per heavy atom. The summed E-state index contributed by atoms with van der Waals surface area (Å²) < 4.78 is 0. The van der Waals surface area contributed by atoms with Gasteiger partial charge in [0.25, 0.3) is 0 Å². The smallest absolute Gasteiger partial charge is 0.328 e. The molecule has 0 heterocycles. The zero-order chi connectivity index (χ0) is 17.2. The first-order valence-electron chi connectivity index (χ1n) is 8.43. The number of carbonyl (C=O) groups is 1. The van der Waals surface area contributed by atoms with Crippen molar-refractivity contribution in [3.8, 4) is 0 Å². The van der Waals surface area contributed by atoms with Gasteiger partial charge in [-0.25, -0.2) is 4.79 Å². The number of aliphatic carboxylic acids is 1. The van der Waals surface area contributed by atoms with Crippen LogP contribution in [-0.2, 0) is 4.79 Å². The Hall–Kier alpha value is -1.83. The fourth-order valence-corrected chi connectivity index (χ4v) is 3.71. The van der Waals surface area contributed by atoms with Gasteiger partial charge in [-0.1, -0.05) is 62.8 Å². The highest BCUT2D eigenvalue weighted by atomic mass is 16.4. The molecule has 1 fully saturated rings. The maximum absolute atomic E-state index is 10.5. The third-order valence-electron chi connectivity index (χ3n) is 5.35. The van der Waals surface area contributed by atoms with Crippen molar-refractivity contribution in [3.63, 3.8) is 0 Å². The van der Waals surface area contributed by atoms with Crippen LogP contribution in [0, 0.1) is 23.2 Å². The van der Waals surface area contributed by atoms with Crippen molar-refractivity contribution in [1.29, 1.82) is 0 Å². The minimum Gasteiger partial charge on any atom is -0.478 e. The molecule has 0 bridgehead atoms. The lowest BCUT2D eigenvalue weighted by Crippen LogP contribution is -2.07. The summed E-state index contributed by atoms with van der Waals surface area (Å²) in [4.78, 5) is 10.5. The molecule has 2 aliphatic carbocycles. The van der Waals surface area contributed by atoms with Crippen LogP contribution in [0.15, 0.2) is 59.3 Å². The number of rotatable bonds is 6. The molecule has 1 saturated carbocycles. The van der Waals surface area contributed by atoms with Crippen molar-refractivity contribution in [2.45, 2.75) is 41.0 Å². The molecule has 3 atom stereocenters. The van der Waals surface area contributed by atoms with E-state index in [0.29, 0.717) is 11.3 Å². The van der Waals surface area contributed by atoms with Gasteiger partial charge in [0.05, 0.1) is 0 Å². The van der Waals surface area contributed by atoms with Crippen molar-refractivity contribution in [2.24, 2.45) is 23.2 Å². The summed E-state index contributed by atoms with van der Waals surface area (Å²) in [6.45, 7) is 10.9. The van der Waals surface area contributed by atoms with Gasteiger partial charge in [0.15, 0.2) is 0 Å². The molecule has 0 aromatic heterocycles. The van der Waals surface area contributed by atoms with Gasteiger partial charge in [-0.15, -0.1) is 0 Å². The molecule has 0 aliphatic heterocycles. The van der Waals surface area contributed by atoms with Crippen LogP contribution in [0.3, 0.4) is 0 Å². The molecule has 0 saturated heterocycles. The average Bonchev–Trinajstić information content (AvgIpc) is 3.11. The Labute approximate surface area is 140 Å². The van der Waals surface area contributed by atoms with Gasteiger partial charge in [-0.2, -0.15) is 0 Å². The molecule has 2 nitrogen and oxygen atoms in total. The molecular weight excluding hydrogens is 284 g/mol. The van der Waals surface area contributed by atoms with Gasteiger partial charge in [-0.05, 0) is 54.6 Å². The highest BCUT2D eigenvalue weighted by molar-refractivity contribution is 5.81. The molecule has 0 amide bonds. The van der Waals surface area contributed by atoms with Crippen LogP contribution >= 0.6 is 0 Å². The van der Waals surface area contributed by atoms with Gasteiger partial charge >= 0.3 is 5.97 Å². The molecule has 23 heavy (non-hydrogen) atoms. The molecule has 1 N–H and O–H groups in total. The highest BCUT2D eigenvalue weighted by Gasteiger charge is 2.60. The molecule has 0 unspecified atom stereocenters. The first-order chi connectivity index (χ1) is 10.8. The lowest BCUT2D eigenvalue weighted by Gasteiger charge is -2.13. The topological polar surface area (TPSA) is 37.3 Å². The lowest BCUT2D eigenvalue weighted by atomic mass is 9.91. The van der Waals surface area contributed by atoms with E-state index in [0.717, 1.165) is 23.0 Å². The molecule has 0 aromatic rings. The van der Waals surface area contributed by atoms with E-state index in [-0.39, 0.29) is 0 Å². The van der Waals surface area contributed by atoms with E-state index in [1.54, 1.807) is 6.92 Å². The van der Waals surface area contributed by atoms with E-state index >= 15 is 0 Å². The van der Waals surface area contributed by atoms with Gasteiger partial charge in [0.2, 0.25) is 0 Å². The normalized spacial score (nSPS) is 31.1. The summed E-state index contributed by atoms with van der Waals surface area (Å²) in [5.41, 5.74) is 3.83. The second-order valence-electron chi connectivity index (χ2n) is 7.34. The van der Waals surface area contributed by atoms with E-state index in [1.807, 2.05) is 18.2 Å². The number of allylic oxidation sites excluding steroid dienone is 9. The maximum atomic E-state index is 10.5. The van der Waals surface area contributed by atoms with E-state index < -0.39 is 5.97 Å². The first-order valence-corrected chi connectivity index (χ1v) is 8.43. The predicted octanol–water partition coefficient (Wildman–Crippen LogP) is 5.31. The fourth-order valence-electron chi connectivity index (χ4n) is 3.71. The average molecular weight is 312 g/mol. The predicted molar refractivity (Wildman–Crippen MR) is 96.1 cm³/mol. The van der Waals surface area contributed by atoms with Crippen LogP contribution in [0.1, 0.15) is 41.0 Å². The van der Waals surface area contributed by atoms with Crippen LogP contribution in [0.2, 0.25) is 0 Å². The van der Waals surface area contributed by atoms with Crippen LogP contribution < -0.4 is 0 Å². The molecule has 2 heteroatoms. The van der Waals surface area contributed by atoms with Crippen LogP contribution in [-0.4, -0.2) is 11.1 Å². The minimum atomic E-state index is -0.910. The van der Waals surface area contributed by atoms with Crippen molar-refractivity contribution in [2.75, 3.05) is 0 Å². The Bertz CT molecular complexity index is 628. The summed E-state index contributed by atoms with van der Waals surface area (Å²) in [5, 5.41) is 8.66. The summed E-state index contributed by atoms with van der Waals surface area (Å²) in [5.74, 6) is 1.32. The first kappa shape index (κ1) is 17.5. The second-order valence-corrected chi connectivity index (χ2v) is 7.34. The van der Waals surface area contributed by atoms with Gasteiger partial charge in [0, 0.05) is 6.08 Å². The monoisotopic (exact) mass is 312 g/mol. The second kappa shape index (κ2) is 6.74. The Morgan fingerprint density at radius 3 is 2.57 bits per heavy atom. The molecular formula is C21H28O2. The summed E-state index contributed by atoms with van der Waals surface area (Å²) >= 11 is 0. The maximum Gasteiger partial charge on any atom is 0.328 e. The zero-order valence-electron chi connectivity index (χ0n) is 14.8. The molecule has 2 rings (SSSR count). The van der Waals surface area contributed by atoms with E-state index in [4.69, 9.17) is 5.11 Å². The van der Waals surface area contributed by atoms with Crippen LogP contribution in [0.5, 0.6) is 0 Å². The Morgan fingerprint density at radius 2 is 2.00 bits per heavy atom. The van der Waals surface area contributed by atoms with Crippen LogP contribution in [0.25, 0.3) is 0 Å². The van der Waals surface area contributed by atoms with Crippen LogP contribution in [0.4, 0.5) is 0 Å². The Kier molecular flexibility index (Phi) is 5.13. The number of carboxylic acid groups (broad SMARTS) is 1. The van der Waals surface area contributed by atoms with Gasteiger partial charge in [-0.3, -0.25) is 0 Å². The molecule has 2 aliphatic rings. The molecule has 0 spiro atoms. The molecule has 0 radical (unpaired) electrons. The van der Waals surface area contributed by atoms with Crippen molar-refractivity contribution >= 4 is 5.97 Å². The number of carboxylic acids is 1. The quantitative estimate of drug-likeness (QED) is 0.533. The highest BCUT2D eigenvalue weighted by Crippen LogP contribution is 2.68. The summed E-state index contributed by atoms with van der Waals surface area (Å²) in [6, 6.07) is 0. The van der Waals surface area contributed by atoms with Crippen molar-refractivity contribution in [1.82, 2.24) is 0 Å². The lowest BCUT2D eigenvalue weighted by molar-refractivity contribution is -0.131. The number of fused-ring (bicyclic) bond motifs is 1. The number of hydrogen-bond acceptors (Lipinski definition) is 1. The minimum absolute atomic E-state index is 0.468. The van der Waals surface area contributed by atoms with Crippen molar-refractivity contribution in [3.05, 3.63) is 59.3 Å². The fraction of sp³-hybridized carbons (Fsp3) is 0.476. The Balaban J connectivity index is 1.99. The zero-order valence-corrected chi connectivity index (χ0v) is 14.8. The standard InChI is InChI=1S/C21H28O2/c1-14(2)21-12-18(17(5)19(21)13-21)10-9-15(3)7-6-8-16(4)11-20(22)23/h6-12,14,17,19H,13H2,1-5H3,(H,22,23)/b8-6+,10-9+,15-7-,16-11+/t17-,19+,21+/m0/s1. The SMILES string of the molecule is CC(=C/C=C/C(C)=C/C(=O)O)/C=C/C1=C[C@]2(C(C)C)C[C@@H]2[C@H]1C. The summed E-state index contributed by atoms with van der Waals surface area (Å²) in [7, 11) is 0.